The smallest absolute Gasteiger partial charge is 0.406 e. The Kier molecular flexibility index (Phi) is 5.58. The number of ether oxygens (including phenoxy) is 1. The second-order valence-electron chi connectivity index (χ2n) is 7.15. The van der Waals surface area contributed by atoms with E-state index in [0.29, 0.717) is 26.2 Å². The summed E-state index contributed by atoms with van der Waals surface area (Å²) in [5.74, 6) is -0.849. The molecule has 1 aromatic rings. The zero-order valence-electron chi connectivity index (χ0n) is 15.7. The zero-order chi connectivity index (χ0) is 21.2. The molecular weight excluding hydrogens is 393 g/mol. The van der Waals surface area contributed by atoms with Crippen molar-refractivity contribution in [3.05, 3.63) is 24.3 Å². The fraction of sp³-hybridized carbons (Fsp3) is 0.500. The van der Waals surface area contributed by atoms with E-state index >= 15 is 0 Å². The second-order valence-corrected chi connectivity index (χ2v) is 7.15. The third kappa shape index (κ3) is 5.09. The van der Waals surface area contributed by atoms with Crippen LogP contribution in [0, 0.1) is 0 Å². The molecule has 0 spiro atoms. The third-order valence-electron chi connectivity index (χ3n) is 5.02. The summed E-state index contributed by atoms with van der Waals surface area (Å²) in [5.41, 5.74) is -0.348. The standard InChI is InChI=1S/C18H21F3N4O4/c1-17(15(27)22-16(28)23-17)7-6-14(26)25-10-8-24(9-11-25)12-2-4-13(5-3-12)29-18(19,20)21/h2-5H,6-11H2,1H3,(H2,22,23,27,28). The number of carbonyl (C=O) groups excluding carboxylic acids is 3. The molecule has 2 N–H and O–H groups in total. The number of imide groups is 1. The normalized spacial score (nSPS) is 22.3. The van der Waals surface area contributed by atoms with Crippen molar-refractivity contribution in [3.63, 3.8) is 0 Å². The minimum atomic E-state index is -4.73. The van der Waals surface area contributed by atoms with Gasteiger partial charge in [-0.2, -0.15) is 0 Å². The largest absolute Gasteiger partial charge is 0.573 e. The summed E-state index contributed by atoms with van der Waals surface area (Å²) >= 11 is 0. The lowest BCUT2D eigenvalue weighted by atomic mass is 9.96. The number of piperazine rings is 1. The van der Waals surface area contributed by atoms with Crippen molar-refractivity contribution in [2.24, 2.45) is 0 Å². The van der Waals surface area contributed by atoms with E-state index in [4.69, 9.17) is 0 Å². The first-order valence-corrected chi connectivity index (χ1v) is 9.08. The van der Waals surface area contributed by atoms with Gasteiger partial charge in [0.2, 0.25) is 5.91 Å². The Morgan fingerprint density at radius 3 is 2.28 bits per heavy atom. The summed E-state index contributed by atoms with van der Waals surface area (Å²) in [5, 5.41) is 4.69. The number of rotatable bonds is 5. The van der Waals surface area contributed by atoms with Gasteiger partial charge in [-0.1, -0.05) is 0 Å². The van der Waals surface area contributed by atoms with Gasteiger partial charge in [0.25, 0.3) is 5.91 Å². The van der Waals surface area contributed by atoms with Gasteiger partial charge < -0.3 is 19.9 Å². The van der Waals surface area contributed by atoms with Gasteiger partial charge in [-0.05, 0) is 37.6 Å². The van der Waals surface area contributed by atoms with E-state index < -0.39 is 23.8 Å². The fourth-order valence-corrected chi connectivity index (χ4v) is 3.34. The SMILES string of the molecule is CC1(CCC(=O)N2CCN(c3ccc(OC(F)(F)F)cc3)CC2)NC(=O)NC1=O. The molecule has 8 nitrogen and oxygen atoms in total. The van der Waals surface area contributed by atoms with Crippen molar-refractivity contribution >= 4 is 23.5 Å². The van der Waals surface area contributed by atoms with Crippen molar-refractivity contribution in [2.75, 3.05) is 31.1 Å². The van der Waals surface area contributed by atoms with Crippen molar-refractivity contribution in [1.29, 1.82) is 0 Å². The molecule has 0 radical (unpaired) electrons. The highest BCUT2D eigenvalue weighted by Crippen LogP contribution is 2.26. The van der Waals surface area contributed by atoms with Crippen LogP contribution in [0.1, 0.15) is 19.8 Å². The molecule has 29 heavy (non-hydrogen) atoms. The molecule has 3 rings (SSSR count). The first kappa shape index (κ1) is 20.7. The van der Waals surface area contributed by atoms with Crippen LogP contribution in [-0.2, 0) is 9.59 Å². The minimum Gasteiger partial charge on any atom is -0.406 e. The van der Waals surface area contributed by atoms with Gasteiger partial charge in [0.1, 0.15) is 11.3 Å². The molecule has 4 amide bonds. The predicted octanol–water partition coefficient (Wildman–Crippen LogP) is 1.61. The summed E-state index contributed by atoms with van der Waals surface area (Å²) in [7, 11) is 0. The Morgan fingerprint density at radius 2 is 1.76 bits per heavy atom. The monoisotopic (exact) mass is 414 g/mol. The number of alkyl halides is 3. The topological polar surface area (TPSA) is 91.0 Å². The molecule has 0 bridgehead atoms. The fourth-order valence-electron chi connectivity index (χ4n) is 3.34. The summed E-state index contributed by atoms with van der Waals surface area (Å²) in [6, 6.07) is 5.02. The van der Waals surface area contributed by atoms with Gasteiger partial charge in [0.15, 0.2) is 0 Å². The van der Waals surface area contributed by atoms with Crippen molar-refractivity contribution < 1.29 is 32.3 Å². The maximum absolute atomic E-state index is 12.4. The van der Waals surface area contributed by atoms with Gasteiger partial charge in [-0.25, -0.2) is 4.79 Å². The summed E-state index contributed by atoms with van der Waals surface area (Å²) < 4.78 is 40.5. The Balaban J connectivity index is 1.48. The van der Waals surface area contributed by atoms with E-state index in [1.165, 1.54) is 12.1 Å². The molecule has 1 aromatic carbocycles. The highest BCUT2D eigenvalue weighted by molar-refractivity contribution is 6.06. The van der Waals surface area contributed by atoms with Gasteiger partial charge in [-0.15, -0.1) is 13.2 Å². The van der Waals surface area contributed by atoms with Gasteiger partial charge in [0.05, 0.1) is 0 Å². The van der Waals surface area contributed by atoms with Crippen LogP contribution in [0.2, 0.25) is 0 Å². The number of benzene rings is 1. The van der Waals surface area contributed by atoms with E-state index in [1.54, 1.807) is 24.0 Å². The van der Waals surface area contributed by atoms with Crippen LogP contribution in [-0.4, -0.2) is 60.8 Å². The van der Waals surface area contributed by atoms with Crippen LogP contribution in [0.5, 0.6) is 5.75 Å². The maximum Gasteiger partial charge on any atom is 0.573 e. The van der Waals surface area contributed by atoms with Gasteiger partial charge in [-0.3, -0.25) is 14.9 Å². The summed E-state index contributed by atoms with van der Waals surface area (Å²) in [6.45, 7) is 3.54. The van der Waals surface area contributed by atoms with Gasteiger partial charge in [0, 0.05) is 38.3 Å². The molecule has 11 heteroatoms. The van der Waals surface area contributed by atoms with Crippen LogP contribution in [0.25, 0.3) is 0 Å². The van der Waals surface area contributed by atoms with Crippen molar-refractivity contribution in [2.45, 2.75) is 31.7 Å². The quantitative estimate of drug-likeness (QED) is 0.715. The average molecular weight is 414 g/mol. The highest BCUT2D eigenvalue weighted by atomic mass is 19.4. The molecule has 0 aromatic heterocycles. The number of anilines is 1. The number of halogens is 3. The molecule has 1 atom stereocenters. The maximum atomic E-state index is 12.4. The molecule has 0 aliphatic carbocycles. The molecule has 2 heterocycles. The first-order chi connectivity index (χ1) is 13.6. The lowest BCUT2D eigenvalue weighted by Crippen LogP contribution is -2.50. The van der Waals surface area contributed by atoms with Crippen LogP contribution >= 0.6 is 0 Å². The van der Waals surface area contributed by atoms with Crippen LogP contribution < -0.4 is 20.3 Å². The van der Waals surface area contributed by atoms with Gasteiger partial charge >= 0.3 is 12.4 Å². The number of hydrogen-bond acceptors (Lipinski definition) is 5. The Labute approximate surface area is 165 Å². The van der Waals surface area contributed by atoms with Crippen LogP contribution in [0.15, 0.2) is 24.3 Å². The van der Waals surface area contributed by atoms with E-state index in [-0.39, 0.29) is 24.5 Å². The third-order valence-corrected chi connectivity index (χ3v) is 5.02. The predicted molar refractivity (Wildman–Crippen MR) is 96.2 cm³/mol. The highest BCUT2D eigenvalue weighted by Gasteiger charge is 2.42. The lowest BCUT2D eigenvalue weighted by molar-refractivity contribution is -0.274. The minimum absolute atomic E-state index is 0.117. The number of nitrogens with zero attached hydrogens (tertiary/aromatic N) is 2. The summed E-state index contributed by atoms with van der Waals surface area (Å²) in [4.78, 5) is 39.2. The Bertz CT molecular complexity index is 791. The lowest BCUT2D eigenvalue weighted by Gasteiger charge is -2.36. The van der Waals surface area contributed by atoms with Crippen LogP contribution in [0.4, 0.5) is 23.7 Å². The number of amides is 4. The van der Waals surface area contributed by atoms with E-state index in [9.17, 15) is 27.6 Å². The molecule has 158 valence electrons. The number of nitrogens with one attached hydrogen (secondary N) is 2. The van der Waals surface area contributed by atoms with Crippen molar-refractivity contribution in [1.82, 2.24) is 15.5 Å². The molecule has 2 aliphatic heterocycles. The molecule has 2 aliphatic rings. The Morgan fingerprint density at radius 1 is 1.14 bits per heavy atom. The van der Waals surface area contributed by atoms with Crippen molar-refractivity contribution in [3.8, 4) is 5.75 Å². The average Bonchev–Trinajstić information content (AvgIpc) is 2.91. The summed E-state index contributed by atoms with van der Waals surface area (Å²) in [6.07, 6.45) is -4.41. The molecular formula is C18H21F3N4O4. The molecule has 2 saturated heterocycles. The first-order valence-electron chi connectivity index (χ1n) is 9.08. The molecule has 2 fully saturated rings. The number of hydrogen-bond donors (Lipinski definition) is 2. The molecule has 0 saturated carbocycles. The molecule has 1 unspecified atom stereocenters. The van der Waals surface area contributed by atoms with E-state index in [2.05, 4.69) is 15.4 Å². The van der Waals surface area contributed by atoms with E-state index in [0.717, 1.165) is 5.69 Å². The van der Waals surface area contributed by atoms with Crippen LogP contribution in [0.3, 0.4) is 0 Å². The number of carbonyl (C=O) groups is 3. The van der Waals surface area contributed by atoms with E-state index in [1.807, 2.05) is 4.90 Å². The second kappa shape index (κ2) is 7.80. The Hall–Kier alpha value is -2.98. The zero-order valence-corrected chi connectivity index (χ0v) is 15.7. The number of urea groups is 1.